The topological polar surface area (TPSA) is 79.5 Å². The SMILES string of the molecule is CC1CN(c2ccc([N+](=O)[O-])c3cnccc23)CCC1O. The molecule has 0 aliphatic carbocycles. The maximum absolute atomic E-state index is 11.1. The third-order valence-corrected chi connectivity index (χ3v) is 4.17. The van der Waals surface area contributed by atoms with E-state index in [1.54, 1.807) is 18.5 Å². The third-order valence-electron chi connectivity index (χ3n) is 4.17. The Morgan fingerprint density at radius 3 is 2.90 bits per heavy atom. The molecule has 2 aromatic rings. The molecule has 1 fully saturated rings. The van der Waals surface area contributed by atoms with Crippen molar-refractivity contribution in [3.63, 3.8) is 0 Å². The van der Waals surface area contributed by atoms with Crippen LogP contribution in [0, 0.1) is 16.0 Å². The fourth-order valence-electron chi connectivity index (χ4n) is 2.95. The largest absolute Gasteiger partial charge is 0.393 e. The van der Waals surface area contributed by atoms with Crippen LogP contribution in [0.1, 0.15) is 13.3 Å². The highest BCUT2D eigenvalue weighted by atomic mass is 16.6. The lowest BCUT2D eigenvalue weighted by molar-refractivity contribution is -0.383. The number of aromatic nitrogens is 1. The van der Waals surface area contributed by atoms with Gasteiger partial charge in [0.25, 0.3) is 5.69 Å². The van der Waals surface area contributed by atoms with Gasteiger partial charge in [-0.3, -0.25) is 15.1 Å². The summed E-state index contributed by atoms with van der Waals surface area (Å²) in [4.78, 5) is 16.9. The van der Waals surface area contributed by atoms with Crippen LogP contribution in [0.5, 0.6) is 0 Å². The number of anilines is 1. The highest BCUT2D eigenvalue weighted by Crippen LogP contribution is 2.34. The molecule has 1 aromatic heterocycles. The predicted molar refractivity (Wildman–Crippen MR) is 80.4 cm³/mol. The minimum Gasteiger partial charge on any atom is -0.393 e. The number of fused-ring (bicyclic) bond motifs is 1. The van der Waals surface area contributed by atoms with Gasteiger partial charge in [-0.1, -0.05) is 6.92 Å². The molecule has 3 rings (SSSR count). The molecule has 0 amide bonds. The van der Waals surface area contributed by atoms with E-state index in [0.717, 1.165) is 24.2 Å². The zero-order valence-electron chi connectivity index (χ0n) is 11.8. The van der Waals surface area contributed by atoms with Gasteiger partial charge in [0.15, 0.2) is 0 Å². The summed E-state index contributed by atoms with van der Waals surface area (Å²) < 4.78 is 0. The Hall–Kier alpha value is -2.21. The van der Waals surface area contributed by atoms with E-state index in [4.69, 9.17) is 0 Å². The number of hydrogen-bond donors (Lipinski definition) is 1. The van der Waals surface area contributed by atoms with Crippen molar-refractivity contribution < 1.29 is 10.0 Å². The molecule has 0 saturated carbocycles. The standard InChI is InChI=1S/C15H17N3O3/c1-10-9-17(7-5-15(10)19)13-2-3-14(18(20)21)12-8-16-6-4-11(12)13/h2-4,6,8,10,15,19H,5,7,9H2,1H3. The van der Waals surface area contributed by atoms with Gasteiger partial charge >= 0.3 is 0 Å². The molecule has 6 nitrogen and oxygen atoms in total. The smallest absolute Gasteiger partial charge is 0.278 e. The Kier molecular flexibility index (Phi) is 3.47. The number of nitro groups is 1. The lowest BCUT2D eigenvalue weighted by atomic mass is 9.95. The first-order chi connectivity index (χ1) is 10.1. The average molecular weight is 287 g/mol. The van der Waals surface area contributed by atoms with E-state index < -0.39 is 0 Å². The Morgan fingerprint density at radius 1 is 1.38 bits per heavy atom. The molecule has 1 saturated heterocycles. The summed E-state index contributed by atoms with van der Waals surface area (Å²) in [7, 11) is 0. The summed E-state index contributed by atoms with van der Waals surface area (Å²) in [5.41, 5.74) is 1.05. The number of pyridine rings is 1. The Balaban J connectivity index is 2.08. The van der Waals surface area contributed by atoms with Gasteiger partial charge in [0.05, 0.1) is 16.4 Å². The molecule has 1 aliphatic heterocycles. The van der Waals surface area contributed by atoms with E-state index in [9.17, 15) is 15.2 Å². The molecule has 2 heterocycles. The molecule has 21 heavy (non-hydrogen) atoms. The number of aliphatic hydroxyl groups is 1. The predicted octanol–water partition coefficient (Wildman–Crippen LogP) is 2.35. The molecule has 2 atom stereocenters. The van der Waals surface area contributed by atoms with Crippen LogP contribution >= 0.6 is 0 Å². The molecule has 0 spiro atoms. The van der Waals surface area contributed by atoms with Crippen molar-refractivity contribution in [2.75, 3.05) is 18.0 Å². The molecule has 6 heteroatoms. The molecule has 0 radical (unpaired) electrons. The summed E-state index contributed by atoms with van der Waals surface area (Å²) in [6.45, 7) is 3.52. The first-order valence-electron chi connectivity index (χ1n) is 7.02. The Labute approximate surface area is 122 Å². The second kappa shape index (κ2) is 5.29. The van der Waals surface area contributed by atoms with Gasteiger partial charge < -0.3 is 10.0 Å². The van der Waals surface area contributed by atoms with Crippen LogP contribution in [0.25, 0.3) is 10.8 Å². The normalized spacial score (nSPS) is 22.5. The summed E-state index contributed by atoms with van der Waals surface area (Å²) >= 11 is 0. The van der Waals surface area contributed by atoms with Crippen LogP contribution in [0.15, 0.2) is 30.6 Å². The van der Waals surface area contributed by atoms with Crippen molar-refractivity contribution in [3.8, 4) is 0 Å². The second-order valence-corrected chi connectivity index (χ2v) is 5.56. The summed E-state index contributed by atoms with van der Waals surface area (Å²) in [5, 5.41) is 22.4. The third kappa shape index (κ3) is 2.42. The second-order valence-electron chi connectivity index (χ2n) is 5.56. The van der Waals surface area contributed by atoms with Crippen molar-refractivity contribution in [3.05, 3.63) is 40.7 Å². The highest BCUT2D eigenvalue weighted by molar-refractivity contribution is 5.99. The van der Waals surface area contributed by atoms with Gasteiger partial charge in [-0.2, -0.15) is 0 Å². The van der Waals surface area contributed by atoms with Gasteiger partial charge in [-0.15, -0.1) is 0 Å². The van der Waals surface area contributed by atoms with E-state index >= 15 is 0 Å². The average Bonchev–Trinajstić information content (AvgIpc) is 2.49. The Bertz CT molecular complexity index is 689. The number of rotatable bonds is 2. The van der Waals surface area contributed by atoms with Crippen molar-refractivity contribution in [2.24, 2.45) is 5.92 Å². The van der Waals surface area contributed by atoms with Gasteiger partial charge in [-0.25, -0.2) is 0 Å². The minimum absolute atomic E-state index is 0.0759. The van der Waals surface area contributed by atoms with Crippen LogP contribution < -0.4 is 4.90 Å². The minimum atomic E-state index is -0.379. The monoisotopic (exact) mass is 287 g/mol. The zero-order valence-corrected chi connectivity index (χ0v) is 11.8. The van der Waals surface area contributed by atoms with E-state index in [2.05, 4.69) is 9.88 Å². The number of hydrogen-bond acceptors (Lipinski definition) is 5. The maximum Gasteiger partial charge on any atom is 0.278 e. The molecule has 0 bridgehead atoms. The molecule has 1 aliphatic rings. The quantitative estimate of drug-likeness (QED) is 0.677. The number of nitrogens with zero attached hydrogens (tertiary/aromatic N) is 3. The number of aliphatic hydroxyl groups excluding tert-OH is 1. The van der Waals surface area contributed by atoms with Gasteiger partial charge in [0.1, 0.15) is 0 Å². The van der Waals surface area contributed by atoms with E-state index in [0.29, 0.717) is 11.8 Å². The zero-order chi connectivity index (χ0) is 15.0. The van der Waals surface area contributed by atoms with Crippen LogP contribution in [-0.4, -0.2) is 34.2 Å². The van der Waals surface area contributed by atoms with Gasteiger partial charge in [-0.05, 0) is 24.5 Å². The van der Waals surface area contributed by atoms with Crippen molar-refractivity contribution in [1.29, 1.82) is 0 Å². The number of benzene rings is 1. The van der Waals surface area contributed by atoms with Gasteiger partial charge in [0, 0.05) is 42.6 Å². The summed E-state index contributed by atoms with van der Waals surface area (Å²) in [6.07, 6.45) is 3.63. The lowest BCUT2D eigenvalue weighted by Gasteiger charge is -2.36. The molecule has 110 valence electrons. The van der Waals surface area contributed by atoms with Crippen LogP contribution in [0.3, 0.4) is 0 Å². The van der Waals surface area contributed by atoms with E-state index in [1.165, 1.54) is 6.07 Å². The first kappa shape index (κ1) is 13.8. The fourth-order valence-corrected chi connectivity index (χ4v) is 2.95. The Morgan fingerprint density at radius 2 is 2.19 bits per heavy atom. The highest BCUT2D eigenvalue weighted by Gasteiger charge is 2.26. The van der Waals surface area contributed by atoms with E-state index in [1.807, 2.05) is 13.0 Å². The van der Waals surface area contributed by atoms with Crippen molar-refractivity contribution >= 4 is 22.1 Å². The number of piperidine rings is 1. The summed E-state index contributed by atoms with van der Waals surface area (Å²) in [6, 6.07) is 5.15. The molecule has 1 aromatic carbocycles. The van der Waals surface area contributed by atoms with E-state index in [-0.39, 0.29) is 22.6 Å². The van der Waals surface area contributed by atoms with Crippen molar-refractivity contribution in [2.45, 2.75) is 19.4 Å². The first-order valence-corrected chi connectivity index (χ1v) is 7.02. The number of nitro benzene ring substituents is 1. The maximum atomic E-state index is 11.1. The summed E-state index contributed by atoms with van der Waals surface area (Å²) in [5.74, 6) is 0.186. The van der Waals surface area contributed by atoms with Crippen molar-refractivity contribution in [1.82, 2.24) is 4.98 Å². The van der Waals surface area contributed by atoms with Gasteiger partial charge in [0.2, 0.25) is 0 Å². The fraction of sp³-hybridized carbons (Fsp3) is 0.400. The molecular weight excluding hydrogens is 270 g/mol. The van der Waals surface area contributed by atoms with Crippen LogP contribution in [0.4, 0.5) is 11.4 Å². The number of non-ortho nitro benzene ring substituents is 1. The lowest BCUT2D eigenvalue weighted by Crippen LogP contribution is -2.42. The molecular formula is C15H17N3O3. The molecule has 2 unspecified atom stereocenters. The molecule has 1 N–H and O–H groups in total. The van der Waals surface area contributed by atoms with Crippen LogP contribution in [-0.2, 0) is 0 Å². The van der Waals surface area contributed by atoms with Crippen LogP contribution in [0.2, 0.25) is 0 Å².